The molecule has 0 bridgehead atoms. The molecule has 0 unspecified atom stereocenters. The number of hydrogen-bond donors (Lipinski definition) is 1. The van der Waals surface area contributed by atoms with E-state index < -0.39 is 5.97 Å². The molecule has 2 fully saturated rings. The van der Waals surface area contributed by atoms with E-state index in [0.717, 1.165) is 37.1 Å². The smallest absolute Gasteiger partial charge is 0.303 e. The Kier molecular flexibility index (Phi) is 8.15. The maximum absolute atomic E-state index is 13.2. The first-order chi connectivity index (χ1) is 15.9. The first-order valence-electron chi connectivity index (χ1n) is 11.7. The summed E-state index contributed by atoms with van der Waals surface area (Å²) in [6, 6.07) is 5.43. The van der Waals surface area contributed by atoms with Crippen LogP contribution >= 0.6 is 23.4 Å². The number of hydrogen-bond acceptors (Lipinski definition) is 6. The molecule has 1 N–H and O–H groups in total. The van der Waals surface area contributed by atoms with Crippen molar-refractivity contribution in [2.75, 3.05) is 32.5 Å². The van der Waals surface area contributed by atoms with Gasteiger partial charge in [0.25, 0.3) is 0 Å². The molecule has 1 aromatic heterocycles. The molecular formula is C25H31ClN2O4S. The molecule has 2 atom stereocenters. The molecule has 1 aromatic carbocycles. The largest absolute Gasteiger partial charge is 0.497 e. The second kappa shape index (κ2) is 11.1. The van der Waals surface area contributed by atoms with Gasteiger partial charge in [-0.15, -0.1) is 0 Å². The van der Waals surface area contributed by atoms with E-state index in [1.54, 1.807) is 13.2 Å². The highest BCUT2D eigenvalue weighted by molar-refractivity contribution is 8.00. The van der Waals surface area contributed by atoms with Crippen LogP contribution in [0.25, 0.3) is 10.9 Å². The van der Waals surface area contributed by atoms with Crippen molar-refractivity contribution in [2.24, 2.45) is 11.8 Å². The second-order valence-corrected chi connectivity index (χ2v) is 10.9. The van der Waals surface area contributed by atoms with Crippen LogP contribution in [0.4, 0.5) is 0 Å². The summed E-state index contributed by atoms with van der Waals surface area (Å²) in [6.45, 7) is 2.78. The van der Waals surface area contributed by atoms with E-state index in [4.69, 9.17) is 16.3 Å². The van der Waals surface area contributed by atoms with E-state index in [-0.39, 0.29) is 24.0 Å². The van der Waals surface area contributed by atoms with Crippen molar-refractivity contribution < 1.29 is 19.4 Å². The molecule has 8 heteroatoms. The van der Waals surface area contributed by atoms with Crippen LogP contribution in [-0.2, 0) is 4.79 Å². The molecule has 1 aliphatic carbocycles. The number of piperidine rings is 1. The van der Waals surface area contributed by atoms with Crippen molar-refractivity contribution in [3.63, 3.8) is 0 Å². The highest BCUT2D eigenvalue weighted by Gasteiger charge is 2.32. The van der Waals surface area contributed by atoms with Crippen LogP contribution in [0.15, 0.2) is 24.4 Å². The number of carbonyl (C=O) groups excluding carboxylic acids is 1. The Morgan fingerprint density at radius 2 is 2.09 bits per heavy atom. The molecule has 2 aliphatic rings. The van der Waals surface area contributed by atoms with Crippen LogP contribution in [0.5, 0.6) is 5.75 Å². The van der Waals surface area contributed by atoms with Gasteiger partial charge in [0.15, 0.2) is 5.78 Å². The van der Waals surface area contributed by atoms with E-state index in [9.17, 15) is 14.7 Å². The summed E-state index contributed by atoms with van der Waals surface area (Å²) in [5.41, 5.74) is 1.18. The minimum atomic E-state index is -0.763. The zero-order valence-corrected chi connectivity index (χ0v) is 20.5. The summed E-state index contributed by atoms with van der Waals surface area (Å²) in [6.07, 6.45) is 6.30. The lowest BCUT2D eigenvalue weighted by Gasteiger charge is -2.38. The SMILES string of the molecule is COc1ccc2ncc(Cl)c(C(=O)CC[C@@H]3CCN(CCSC4CC4)C[C@H]3CC(=O)O)c2c1. The van der Waals surface area contributed by atoms with Gasteiger partial charge in [0.1, 0.15) is 5.75 Å². The molecule has 0 amide bonds. The number of likely N-dealkylation sites (tertiary alicyclic amines) is 1. The fourth-order valence-electron chi connectivity index (χ4n) is 4.78. The quantitative estimate of drug-likeness (QED) is 0.435. The molecule has 1 aliphatic heterocycles. The number of rotatable bonds is 11. The number of aromatic nitrogens is 1. The van der Waals surface area contributed by atoms with Crippen LogP contribution in [0.3, 0.4) is 0 Å². The predicted octanol–water partition coefficient (Wildman–Crippen LogP) is 5.17. The van der Waals surface area contributed by atoms with Crippen molar-refractivity contribution in [1.29, 1.82) is 0 Å². The topological polar surface area (TPSA) is 79.7 Å². The Balaban J connectivity index is 1.41. The number of Topliss-reactive ketones (excluding diaryl/α,β-unsaturated/α-hetero) is 1. The van der Waals surface area contributed by atoms with E-state index in [2.05, 4.69) is 9.88 Å². The molecule has 1 saturated carbocycles. The average molecular weight is 491 g/mol. The number of nitrogens with zero attached hydrogens (tertiary/aromatic N) is 2. The van der Waals surface area contributed by atoms with Crippen molar-refractivity contribution >= 4 is 46.0 Å². The zero-order valence-electron chi connectivity index (χ0n) is 19.0. The summed E-state index contributed by atoms with van der Waals surface area (Å²) in [5, 5.41) is 11.3. The number of halogens is 1. The van der Waals surface area contributed by atoms with Gasteiger partial charge in [-0.2, -0.15) is 11.8 Å². The van der Waals surface area contributed by atoms with Gasteiger partial charge in [-0.25, -0.2) is 0 Å². The summed E-state index contributed by atoms with van der Waals surface area (Å²) < 4.78 is 5.31. The first kappa shape index (κ1) is 24.3. The Hall–Kier alpha value is -1.83. The monoisotopic (exact) mass is 490 g/mol. The maximum Gasteiger partial charge on any atom is 0.303 e. The van der Waals surface area contributed by atoms with E-state index >= 15 is 0 Å². The Bertz CT molecular complexity index is 1010. The van der Waals surface area contributed by atoms with Crippen LogP contribution in [0.2, 0.25) is 5.02 Å². The zero-order chi connectivity index (χ0) is 23.4. The molecule has 4 rings (SSSR count). The summed E-state index contributed by atoms with van der Waals surface area (Å²) in [7, 11) is 1.58. The van der Waals surface area contributed by atoms with Crippen molar-refractivity contribution in [2.45, 2.75) is 43.8 Å². The Labute approximate surface area is 204 Å². The van der Waals surface area contributed by atoms with Gasteiger partial charge in [0.05, 0.1) is 17.6 Å². The number of ether oxygens (including phenoxy) is 1. The van der Waals surface area contributed by atoms with Gasteiger partial charge in [-0.3, -0.25) is 14.6 Å². The fraction of sp³-hybridized carbons (Fsp3) is 0.560. The minimum Gasteiger partial charge on any atom is -0.497 e. The fourth-order valence-corrected chi connectivity index (χ4v) is 6.20. The summed E-state index contributed by atoms with van der Waals surface area (Å²) >= 11 is 8.44. The third kappa shape index (κ3) is 6.40. The third-order valence-corrected chi connectivity index (χ3v) is 8.40. The molecule has 1 saturated heterocycles. The number of benzene rings is 1. The molecule has 0 radical (unpaired) electrons. The number of carboxylic acid groups (broad SMARTS) is 1. The normalized spacial score (nSPS) is 21.3. The number of carboxylic acids is 1. The van der Waals surface area contributed by atoms with Gasteiger partial charge < -0.3 is 14.7 Å². The van der Waals surface area contributed by atoms with E-state index in [1.807, 2.05) is 23.9 Å². The van der Waals surface area contributed by atoms with Gasteiger partial charge in [0, 0.05) is 54.1 Å². The second-order valence-electron chi connectivity index (χ2n) is 9.10. The molecule has 0 spiro atoms. The predicted molar refractivity (Wildman–Crippen MR) is 133 cm³/mol. The Morgan fingerprint density at radius 1 is 1.27 bits per heavy atom. The highest BCUT2D eigenvalue weighted by Crippen LogP contribution is 2.35. The lowest BCUT2D eigenvalue weighted by molar-refractivity contribution is -0.139. The van der Waals surface area contributed by atoms with Crippen LogP contribution < -0.4 is 4.74 Å². The minimum absolute atomic E-state index is 0.0296. The number of methoxy groups -OCH3 is 1. The maximum atomic E-state index is 13.2. The highest BCUT2D eigenvalue weighted by atomic mass is 35.5. The number of pyridine rings is 1. The molecule has 178 valence electrons. The number of carbonyl (C=O) groups is 2. The third-order valence-electron chi connectivity index (χ3n) is 6.75. The molecule has 33 heavy (non-hydrogen) atoms. The number of ketones is 1. The van der Waals surface area contributed by atoms with Gasteiger partial charge in [-0.1, -0.05) is 11.6 Å². The summed E-state index contributed by atoms with van der Waals surface area (Å²) in [4.78, 5) is 31.5. The lowest BCUT2D eigenvalue weighted by Crippen LogP contribution is -2.42. The number of thioether (sulfide) groups is 1. The number of aliphatic carboxylic acids is 1. The van der Waals surface area contributed by atoms with Crippen LogP contribution in [0.1, 0.15) is 48.9 Å². The van der Waals surface area contributed by atoms with E-state index in [0.29, 0.717) is 40.1 Å². The van der Waals surface area contributed by atoms with Gasteiger partial charge in [-0.05, 0) is 62.3 Å². The number of fused-ring (bicyclic) bond motifs is 1. The van der Waals surface area contributed by atoms with Crippen LogP contribution in [0, 0.1) is 11.8 Å². The van der Waals surface area contributed by atoms with Crippen molar-refractivity contribution in [1.82, 2.24) is 9.88 Å². The lowest BCUT2D eigenvalue weighted by atomic mass is 9.79. The average Bonchev–Trinajstić information content (AvgIpc) is 3.62. The van der Waals surface area contributed by atoms with Crippen molar-refractivity contribution in [3.05, 3.63) is 35.0 Å². The van der Waals surface area contributed by atoms with Crippen molar-refractivity contribution in [3.8, 4) is 5.75 Å². The Morgan fingerprint density at radius 3 is 2.82 bits per heavy atom. The molecule has 2 heterocycles. The molecule has 6 nitrogen and oxygen atoms in total. The standard InChI is InChI=1S/C25H31ClN2O4S/c1-32-18-3-6-22-20(13-18)25(21(26)14-27-22)23(29)7-2-16-8-9-28(10-11-33-19-4-5-19)15-17(16)12-24(30)31/h3,6,13-14,16-17,19H,2,4-5,7-12,15H2,1H3,(H,30,31)/t16-,17-/m1/s1. The molecule has 2 aromatic rings. The van der Waals surface area contributed by atoms with E-state index in [1.165, 1.54) is 19.0 Å². The molecular weight excluding hydrogens is 460 g/mol. The first-order valence-corrected chi connectivity index (χ1v) is 13.1. The summed E-state index contributed by atoms with van der Waals surface area (Å²) in [5.74, 6) is 1.26. The van der Waals surface area contributed by atoms with Gasteiger partial charge in [0.2, 0.25) is 0 Å². The van der Waals surface area contributed by atoms with Gasteiger partial charge >= 0.3 is 5.97 Å². The van der Waals surface area contributed by atoms with Crippen LogP contribution in [-0.4, -0.2) is 64.5 Å².